The van der Waals surface area contributed by atoms with Crippen molar-refractivity contribution in [3.05, 3.63) is 58.1 Å². The monoisotopic (exact) mass is 439 g/mol. The van der Waals surface area contributed by atoms with E-state index in [1.165, 1.54) is 6.92 Å². The van der Waals surface area contributed by atoms with Gasteiger partial charge < -0.3 is 5.32 Å². The van der Waals surface area contributed by atoms with Crippen molar-refractivity contribution in [1.29, 1.82) is 0 Å². The molecule has 139 valence electrons. The second kappa shape index (κ2) is 10.0. The van der Waals surface area contributed by atoms with Crippen LogP contribution in [0.5, 0.6) is 0 Å². The van der Waals surface area contributed by atoms with Crippen LogP contribution < -0.4 is 5.32 Å². The standard InChI is InChI=1S/C21H24N3O2.Y/c1-12-7-8-13(2)19(9-12)23-24-20(17(6)25)21(26)22-18-11-15(4)14(3)10-16(18)5;/h8-11,20H,1-6H3,(H,22,26);/q-1;. The number of anilines is 1. The first kappa shape index (κ1) is 23.3. The van der Waals surface area contributed by atoms with E-state index in [1.807, 2.05) is 58.9 Å². The maximum absolute atomic E-state index is 12.6. The molecular formula is C21H24N3O2Y-. The molecule has 1 amide bonds. The summed E-state index contributed by atoms with van der Waals surface area (Å²) in [7, 11) is 0. The number of Topliss-reactive ketones (excluding diaryl/α,β-unsaturated/α-hetero) is 1. The van der Waals surface area contributed by atoms with Crippen molar-refractivity contribution in [1.82, 2.24) is 0 Å². The average Bonchev–Trinajstić information content (AvgIpc) is 2.55. The molecule has 2 aromatic rings. The fourth-order valence-electron chi connectivity index (χ4n) is 2.50. The van der Waals surface area contributed by atoms with Gasteiger partial charge in [0.15, 0.2) is 5.78 Å². The molecule has 0 aliphatic heterocycles. The maximum Gasteiger partial charge on any atom is 0.258 e. The van der Waals surface area contributed by atoms with Gasteiger partial charge in [-0.2, -0.15) is 27.9 Å². The molecule has 0 bridgehead atoms. The quantitative estimate of drug-likeness (QED) is 0.417. The Morgan fingerprint density at radius 3 is 2.22 bits per heavy atom. The molecule has 0 spiro atoms. The van der Waals surface area contributed by atoms with Crippen molar-refractivity contribution in [3.8, 4) is 0 Å². The van der Waals surface area contributed by atoms with Gasteiger partial charge in [0.05, 0.1) is 0 Å². The Morgan fingerprint density at radius 2 is 1.59 bits per heavy atom. The van der Waals surface area contributed by atoms with Crippen LogP contribution in [0.1, 0.15) is 34.7 Å². The molecule has 5 nitrogen and oxygen atoms in total. The fourth-order valence-corrected chi connectivity index (χ4v) is 2.50. The molecule has 1 atom stereocenters. The van der Waals surface area contributed by atoms with Gasteiger partial charge in [0.1, 0.15) is 0 Å². The van der Waals surface area contributed by atoms with Gasteiger partial charge in [-0.05, 0) is 56.1 Å². The molecule has 0 saturated carbocycles. The first-order chi connectivity index (χ1) is 12.2. The Kier molecular flexibility index (Phi) is 8.64. The van der Waals surface area contributed by atoms with E-state index in [0.29, 0.717) is 11.4 Å². The van der Waals surface area contributed by atoms with E-state index in [-0.39, 0.29) is 38.5 Å². The van der Waals surface area contributed by atoms with Gasteiger partial charge in [-0.15, -0.1) is 11.6 Å². The molecule has 0 saturated heterocycles. The first-order valence-corrected chi connectivity index (χ1v) is 8.48. The van der Waals surface area contributed by atoms with E-state index in [0.717, 1.165) is 27.8 Å². The number of azo groups is 1. The Balaban J connectivity index is 0.00000364. The second-order valence-electron chi connectivity index (χ2n) is 6.65. The van der Waals surface area contributed by atoms with Crippen LogP contribution in [0.25, 0.3) is 0 Å². The number of ketones is 1. The topological polar surface area (TPSA) is 70.9 Å². The van der Waals surface area contributed by atoms with Gasteiger partial charge in [0.2, 0.25) is 6.04 Å². The van der Waals surface area contributed by atoms with Gasteiger partial charge in [0.25, 0.3) is 5.91 Å². The van der Waals surface area contributed by atoms with Crippen LogP contribution in [0.3, 0.4) is 0 Å². The molecule has 2 rings (SSSR count). The number of carbonyl (C=O) groups excluding carboxylic acids is 2. The summed E-state index contributed by atoms with van der Waals surface area (Å²) in [6, 6.07) is 9.43. The zero-order valence-electron chi connectivity index (χ0n) is 16.7. The number of nitrogens with zero attached hydrogens (tertiary/aromatic N) is 2. The Bertz CT molecular complexity index is 891. The Labute approximate surface area is 185 Å². The van der Waals surface area contributed by atoms with E-state index in [4.69, 9.17) is 0 Å². The number of rotatable bonds is 5. The smallest absolute Gasteiger partial charge is 0.258 e. The zero-order valence-corrected chi connectivity index (χ0v) is 19.5. The molecule has 0 aliphatic carbocycles. The SMILES string of the molecule is CC(=O)C(N=Nc1cc(C)[c-]cc1C)C(=O)Nc1cc(C)c(C)cc1C.[Y]. The minimum absolute atomic E-state index is 0. The van der Waals surface area contributed by atoms with Crippen molar-refractivity contribution in [2.75, 3.05) is 5.32 Å². The summed E-state index contributed by atoms with van der Waals surface area (Å²) in [5.41, 5.74) is 6.26. The third-order valence-electron chi connectivity index (χ3n) is 4.29. The number of benzene rings is 2. The van der Waals surface area contributed by atoms with E-state index < -0.39 is 11.9 Å². The molecule has 27 heavy (non-hydrogen) atoms. The van der Waals surface area contributed by atoms with Crippen LogP contribution in [-0.2, 0) is 42.3 Å². The van der Waals surface area contributed by atoms with E-state index in [2.05, 4.69) is 21.6 Å². The van der Waals surface area contributed by atoms with Crippen molar-refractivity contribution in [2.24, 2.45) is 10.2 Å². The van der Waals surface area contributed by atoms with Gasteiger partial charge in [-0.3, -0.25) is 9.59 Å². The summed E-state index contributed by atoms with van der Waals surface area (Å²) in [5, 5.41) is 10.9. The normalized spacial score (nSPS) is 11.8. The van der Waals surface area contributed by atoms with Crippen LogP contribution in [0.2, 0.25) is 0 Å². The molecule has 1 radical (unpaired) electrons. The largest absolute Gasteiger partial charge is 0.324 e. The number of carbonyl (C=O) groups is 2. The van der Waals surface area contributed by atoms with Gasteiger partial charge in [0, 0.05) is 38.4 Å². The predicted molar refractivity (Wildman–Crippen MR) is 103 cm³/mol. The summed E-state index contributed by atoms with van der Waals surface area (Å²) in [6.45, 7) is 11.0. The van der Waals surface area contributed by atoms with E-state index >= 15 is 0 Å². The van der Waals surface area contributed by atoms with Crippen LogP contribution in [0, 0.1) is 40.7 Å². The molecule has 2 aromatic carbocycles. The number of nitrogens with one attached hydrogen (secondary N) is 1. The summed E-state index contributed by atoms with van der Waals surface area (Å²) < 4.78 is 0. The number of amides is 1. The Hall–Kier alpha value is -1.72. The number of hydrogen-bond acceptors (Lipinski definition) is 4. The van der Waals surface area contributed by atoms with Crippen molar-refractivity contribution >= 4 is 23.1 Å². The first-order valence-electron chi connectivity index (χ1n) is 8.48. The predicted octanol–water partition coefficient (Wildman–Crippen LogP) is 4.71. The minimum atomic E-state index is -1.18. The fraction of sp³-hybridized carbons (Fsp3) is 0.333. The summed E-state index contributed by atoms with van der Waals surface area (Å²) >= 11 is 0. The van der Waals surface area contributed by atoms with Gasteiger partial charge >= 0.3 is 0 Å². The molecule has 0 heterocycles. The maximum atomic E-state index is 12.6. The third-order valence-corrected chi connectivity index (χ3v) is 4.29. The second-order valence-corrected chi connectivity index (χ2v) is 6.65. The van der Waals surface area contributed by atoms with E-state index in [9.17, 15) is 9.59 Å². The van der Waals surface area contributed by atoms with Crippen LogP contribution in [0.4, 0.5) is 11.4 Å². The van der Waals surface area contributed by atoms with Crippen molar-refractivity contribution in [2.45, 2.75) is 47.6 Å². The van der Waals surface area contributed by atoms with Crippen molar-refractivity contribution < 1.29 is 42.3 Å². The van der Waals surface area contributed by atoms with Crippen LogP contribution in [0.15, 0.2) is 34.5 Å². The van der Waals surface area contributed by atoms with Gasteiger partial charge in [-0.25, -0.2) is 0 Å². The Morgan fingerprint density at radius 1 is 0.963 bits per heavy atom. The number of hydrogen-bond donors (Lipinski definition) is 1. The molecule has 1 N–H and O–H groups in total. The summed E-state index contributed by atoms with van der Waals surface area (Å²) in [4.78, 5) is 24.5. The number of aryl methyl sites for hydroxylation is 5. The molecule has 0 aliphatic rings. The van der Waals surface area contributed by atoms with Crippen molar-refractivity contribution in [3.63, 3.8) is 0 Å². The van der Waals surface area contributed by atoms with E-state index in [1.54, 1.807) is 0 Å². The summed E-state index contributed by atoms with van der Waals surface area (Å²) in [5.74, 6) is -0.839. The van der Waals surface area contributed by atoms with Crippen LogP contribution >= 0.6 is 0 Å². The molecule has 0 aromatic heterocycles. The molecule has 6 heteroatoms. The molecule has 1 unspecified atom stereocenters. The third kappa shape index (κ3) is 6.15. The minimum Gasteiger partial charge on any atom is -0.324 e. The van der Waals surface area contributed by atoms with Gasteiger partial charge in [-0.1, -0.05) is 19.9 Å². The zero-order chi connectivity index (χ0) is 19.4. The van der Waals surface area contributed by atoms with Crippen LogP contribution in [-0.4, -0.2) is 17.7 Å². The summed E-state index contributed by atoms with van der Waals surface area (Å²) in [6.07, 6.45) is 0. The average molecular weight is 439 g/mol. The molecule has 0 fully saturated rings. The molecular weight excluding hydrogens is 415 g/mol.